The van der Waals surface area contributed by atoms with E-state index in [2.05, 4.69) is 15.3 Å². The number of hydrogen-bond donors (Lipinski definition) is 1. The van der Waals surface area contributed by atoms with E-state index in [1.54, 1.807) is 22.7 Å². The molecule has 0 saturated carbocycles. The van der Waals surface area contributed by atoms with Gasteiger partial charge in [-0.05, 0) is 0 Å². The molecule has 1 saturated heterocycles. The summed E-state index contributed by atoms with van der Waals surface area (Å²) < 4.78 is 37.7. The first-order valence-electron chi connectivity index (χ1n) is 4.76. The van der Waals surface area contributed by atoms with Gasteiger partial charge in [0.25, 0.3) is 0 Å². The number of piperidine rings is 1. The summed E-state index contributed by atoms with van der Waals surface area (Å²) >= 11 is 3.59. The van der Waals surface area contributed by atoms with Gasteiger partial charge in [0, 0.05) is 23.6 Å². The summed E-state index contributed by atoms with van der Waals surface area (Å²) in [7, 11) is -4.94. The maximum Gasteiger partial charge on any atom is 0.313 e. The van der Waals surface area contributed by atoms with Gasteiger partial charge in [-0.1, -0.05) is 22.7 Å². The molecular formula is C8H12ClNO5S2. The highest BCUT2D eigenvalue weighted by molar-refractivity contribution is 7.24. The van der Waals surface area contributed by atoms with Crippen LogP contribution >= 0.6 is 22.7 Å². The molecule has 1 N–H and O–H groups in total. The molecule has 2 heterocycles. The molecule has 98 valence electrons. The molecule has 2 rings (SSSR count). The molecule has 6 nitrogen and oxygen atoms in total. The Labute approximate surface area is 108 Å². The summed E-state index contributed by atoms with van der Waals surface area (Å²) in [5, 5.41) is 13.5. The average Bonchev–Trinajstić information content (AvgIpc) is 2.69. The van der Waals surface area contributed by atoms with Gasteiger partial charge < -0.3 is 5.11 Å². The number of rotatable bonds is 0. The standard InChI is InChI=1S/C8H12NOS2.ClHO4/c10-7-1-3-9(4-2-7)8-11-5-6-12-8;2-1(3,4)5/h5-7,10H,1-4H2;(H,2,3,4,5)/q+1;/p-1. The third-order valence-electron chi connectivity index (χ3n) is 2.12. The van der Waals surface area contributed by atoms with Crippen LogP contribution < -0.4 is 27.2 Å². The van der Waals surface area contributed by atoms with Crippen LogP contribution in [0.4, 0.5) is 0 Å². The Hall–Kier alpha value is -0.0600. The van der Waals surface area contributed by atoms with Crippen molar-refractivity contribution >= 4 is 22.7 Å². The number of aliphatic hydroxyl groups is 1. The van der Waals surface area contributed by atoms with E-state index in [0.717, 1.165) is 25.9 Å². The van der Waals surface area contributed by atoms with Crippen molar-refractivity contribution in [2.45, 2.75) is 18.9 Å². The van der Waals surface area contributed by atoms with Crippen molar-refractivity contribution in [2.75, 3.05) is 13.1 Å². The Morgan fingerprint density at radius 2 is 1.53 bits per heavy atom. The van der Waals surface area contributed by atoms with Crippen LogP contribution in [0.3, 0.4) is 0 Å². The van der Waals surface area contributed by atoms with E-state index >= 15 is 0 Å². The van der Waals surface area contributed by atoms with Crippen LogP contribution in [0, 0.1) is 10.2 Å². The van der Waals surface area contributed by atoms with Gasteiger partial charge in [-0.15, -0.1) is 10.2 Å². The van der Waals surface area contributed by atoms with Gasteiger partial charge in [-0.3, -0.25) is 0 Å². The van der Waals surface area contributed by atoms with Gasteiger partial charge >= 0.3 is 3.98 Å². The quantitative estimate of drug-likeness (QED) is 0.490. The minimum absolute atomic E-state index is 0.0637. The molecule has 0 atom stereocenters. The maximum atomic E-state index is 9.30. The van der Waals surface area contributed by atoms with Crippen molar-refractivity contribution in [1.82, 2.24) is 4.58 Å². The van der Waals surface area contributed by atoms with Crippen molar-refractivity contribution in [3.63, 3.8) is 0 Å². The Kier molecular flexibility index (Phi) is 5.97. The lowest BCUT2D eigenvalue weighted by molar-refractivity contribution is -2.00. The first kappa shape index (κ1) is 15.0. The summed E-state index contributed by atoms with van der Waals surface area (Å²) in [6.45, 7) is 2.02. The van der Waals surface area contributed by atoms with E-state index in [-0.39, 0.29) is 6.10 Å². The predicted octanol–water partition coefficient (Wildman–Crippen LogP) is -4.02. The van der Waals surface area contributed by atoms with Crippen LogP contribution in [0.2, 0.25) is 0 Å². The molecule has 1 fully saturated rings. The van der Waals surface area contributed by atoms with Crippen LogP contribution in [-0.4, -0.2) is 24.3 Å². The van der Waals surface area contributed by atoms with Gasteiger partial charge in [-0.25, -0.2) is 23.2 Å². The largest absolute Gasteiger partial charge is 0.393 e. The number of halogens is 1. The molecule has 0 aromatic carbocycles. The van der Waals surface area contributed by atoms with Gasteiger partial charge in [0.05, 0.1) is 6.10 Å². The third-order valence-corrected chi connectivity index (χ3v) is 4.33. The van der Waals surface area contributed by atoms with Crippen LogP contribution in [0.25, 0.3) is 0 Å². The van der Waals surface area contributed by atoms with Gasteiger partial charge in [0.15, 0.2) is 0 Å². The second-order valence-corrected chi connectivity index (χ2v) is 6.17. The van der Waals surface area contributed by atoms with E-state index in [9.17, 15) is 5.11 Å². The summed E-state index contributed by atoms with van der Waals surface area (Å²) in [5.74, 6) is 0. The topological polar surface area (TPSA) is 115 Å². The van der Waals surface area contributed by atoms with Crippen molar-refractivity contribution in [3.05, 3.63) is 14.7 Å². The highest BCUT2D eigenvalue weighted by atomic mass is 35.7. The SMILES string of the molecule is OC1CC[N+](=c2sccs2)CC1.[O-][Cl+3]([O-])([O-])[O-]. The molecule has 1 aromatic heterocycles. The summed E-state index contributed by atoms with van der Waals surface area (Å²) in [5.41, 5.74) is 0. The smallest absolute Gasteiger partial charge is 0.313 e. The van der Waals surface area contributed by atoms with E-state index in [1.165, 1.54) is 3.98 Å². The van der Waals surface area contributed by atoms with E-state index in [0.29, 0.717) is 0 Å². The van der Waals surface area contributed by atoms with Crippen LogP contribution in [0.1, 0.15) is 12.8 Å². The van der Waals surface area contributed by atoms with Crippen molar-refractivity contribution < 1.29 is 34.0 Å². The summed E-state index contributed by atoms with van der Waals surface area (Å²) in [4.78, 5) is 0. The van der Waals surface area contributed by atoms with Gasteiger partial charge in [0.2, 0.25) is 0 Å². The predicted molar refractivity (Wildman–Crippen MR) is 52.4 cm³/mol. The molecule has 0 unspecified atom stereocenters. The minimum atomic E-state index is -4.94. The third kappa shape index (κ3) is 7.06. The molecule has 9 heteroatoms. The fourth-order valence-corrected chi connectivity index (χ4v) is 3.29. The average molecular weight is 302 g/mol. The molecular weight excluding hydrogens is 290 g/mol. The normalized spacial score (nSPS) is 20.8. The second kappa shape index (κ2) is 6.76. The number of nitrogens with zero attached hydrogens (tertiary/aromatic N) is 1. The van der Waals surface area contributed by atoms with Crippen molar-refractivity contribution in [1.29, 1.82) is 0 Å². The minimum Gasteiger partial charge on any atom is -0.393 e. The molecule has 1 aromatic rings. The molecule has 1 aliphatic heterocycles. The molecule has 0 amide bonds. The first-order valence-corrected chi connectivity index (χ1v) is 7.75. The zero-order valence-electron chi connectivity index (χ0n) is 8.78. The Morgan fingerprint density at radius 3 is 1.94 bits per heavy atom. The van der Waals surface area contributed by atoms with Crippen LogP contribution in [-0.2, 0) is 0 Å². The zero-order valence-corrected chi connectivity index (χ0v) is 11.2. The summed E-state index contributed by atoms with van der Waals surface area (Å²) in [6, 6.07) is 0. The van der Waals surface area contributed by atoms with Crippen molar-refractivity contribution in [2.24, 2.45) is 0 Å². The lowest BCUT2D eigenvalue weighted by Crippen LogP contribution is -2.68. The highest BCUT2D eigenvalue weighted by Crippen LogP contribution is 2.04. The maximum absolute atomic E-state index is 9.30. The van der Waals surface area contributed by atoms with Gasteiger partial charge in [-0.2, -0.15) is 0 Å². The van der Waals surface area contributed by atoms with Gasteiger partial charge in [0.1, 0.15) is 13.1 Å². The lowest BCUT2D eigenvalue weighted by atomic mass is 10.1. The molecule has 0 aliphatic carbocycles. The molecule has 0 bridgehead atoms. The van der Waals surface area contributed by atoms with E-state index in [1.807, 2.05) is 0 Å². The molecule has 1 aliphatic rings. The highest BCUT2D eigenvalue weighted by Gasteiger charge is 2.19. The number of hydrogen-bond acceptors (Lipinski definition) is 7. The first-order chi connectivity index (χ1) is 7.86. The lowest BCUT2D eigenvalue weighted by Gasteiger charge is -2.17. The van der Waals surface area contributed by atoms with Crippen LogP contribution in [0.5, 0.6) is 0 Å². The fourth-order valence-electron chi connectivity index (χ4n) is 1.40. The Balaban J connectivity index is 0.000000249. The van der Waals surface area contributed by atoms with Crippen molar-refractivity contribution in [3.8, 4) is 0 Å². The van der Waals surface area contributed by atoms with Crippen LogP contribution in [0.15, 0.2) is 10.8 Å². The van der Waals surface area contributed by atoms with E-state index in [4.69, 9.17) is 18.6 Å². The number of aliphatic hydroxyl groups excluding tert-OH is 1. The monoisotopic (exact) mass is 301 g/mol. The Morgan fingerprint density at radius 1 is 1.12 bits per heavy atom. The molecule has 0 spiro atoms. The fraction of sp³-hybridized carbons (Fsp3) is 0.625. The zero-order chi connectivity index (χ0) is 12.9. The van der Waals surface area contributed by atoms with E-state index < -0.39 is 10.2 Å². The molecule has 17 heavy (non-hydrogen) atoms. The summed E-state index contributed by atoms with van der Waals surface area (Å²) in [6.07, 6.45) is 1.78. The molecule has 0 radical (unpaired) electrons. The Bertz CT molecular complexity index is 366. The second-order valence-electron chi connectivity index (χ2n) is 3.37.